The summed E-state index contributed by atoms with van der Waals surface area (Å²) in [4.78, 5) is 12.6. The molecular formula is C19H16N2O. The van der Waals surface area contributed by atoms with Gasteiger partial charge in [-0.1, -0.05) is 30.3 Å². The molecule has 1 aromatic heterocycles. The molecule has 1 aliphatic rings. The first-order chi connectivity index (χ1) is 10.7. The van der Waals surface area contributed by atoms with Crippen LogP contribution in [0.3, 0.4) is 0 Å². The molecule has 0 saturated carbocycles. The maximum absolute atomic E-state index is 12.6. The molecule has 0 aliphatic heterocycles. The summed E-state index contributed by atoms with van der Waals surface area (Å²) < 4.78 is 1.73. The fraction of sp³-hybridized carbons (Fsp3) is 0.158. The van der Waals surface area contributed by atoms with E-state index in [2.05, 4.69) is 29.4 Å². The summed E-state index contributed by atoms with van der Waals surface area (Å²) in [7, 11) is 1.87. The number of ketones is 1. The second-order valence-corrected chi connectivity index (χ2v) is 5.75. The van der Waals surface area contributed by atoms with E-state index in [4.69, 9.17) is 0 Å². The maximum Gasteiger partial charge on any atom is 0.186 e. The van der Waals surface area contributed by atoms with Crippen LogP contribution in [0.1, 0.15) is 27.0 Å². The lowest BCUT2D eigenvalue weighted by Crippen LogP contribution is -1.99. The summed E-state index contributed by atoms with van der Waals surface area (Å²) in [5.74, 6) is 0.0671. The van der Waals surface area contributed by atoms with E-state index in [1.165, 1.54) is 21.9 Å². The highest BCUT2D eigenvalue weighted by Gasteiger charge is 2.19. The Morgan fingerprint density at radius 2 is 2.14 bits per heavy atom. The molecule has 3 heteroatoms. The third-order valence-electron chi connectivity index (χ3n) is 4.30. The smallest absolute Gasteiger partial charge is 0.186 e. The van der Waals surface area contributed by atoms with E-state index >= 15 is 0 Å². The van der Waals surface area contributed by atoms with Gasteiger partial charge in [-0.15, -0.1) is 0 Å². The Morgan fingerprint density at radius 3 is 2.95 bits per heavy atom. The van der Waals surface area contributed by atoms with Crippen molar-refractivity contribution in [2.45, 2.75) is 12.8 Å². The number of aryl methyl sites for hydroxylation is 3. The molecule has 0 saturated heterocycles. The highest BCUT2D eigenvalue weighted by molar-refractivity contribution is 6.11. The lowest BCUT2D eigenvalue weighted by Gasteiger charge is -2.06. The zero-order chi connectivity index (χ0) is 15.1. The number of hydrogen-bond donors (Lipinski definition) is 0. The second-order valence-electron chi connectivity index (χ2n) is 5.75. The minimum absolute atomic E-state index is 0.0671. The van der Waals surface area contributed by atoms with Crippen molar-refractivity contribution >= 4 is 22.6 Å². The number of carbonyl (C=O) groups excluding carboxylic acids is 1. The van der Waals surface area contributed by atoms with E-state index in [-0.39, 0.29) is 5.78 Å². The SMILES string of the molecule is Cn1cc(C=CC(=O)c2ccc3cccc4c3c2CC4)cn1. The van der Waals surface area contributed by atoms with E-state index in [0.29, 0.717) is 0 Å². The lowest BCUT2D eigenvalue weighted by molar-refractivity contribution is 0.104. The molecule has 0 fully saturated rings. The van der Waals surface area contributed by atoms with Gasteiger partial charge in [-0.2, -0.15) is 5.10 Å². The number of benzene rings is 2. The van der Waals surface area contributed by atoms with Crippen LogP contribution >= 0.6 is 0 Å². The molecule has 1 heterocycles. The van der Waals surface area contributed by atoms with Gasteiger partial charge in [-0.3, -0.25) is 9.48 Å². The van der Waals surface area contributed by atoms with E-state index in [0.717, 1.165) is 24.0 Å². The van der Waals surface area contributed by atoms with Crippen molar-refractivity contribution in [3.05, 3.63) is 71.1 Å². The number of carbonyl (C=O) groups is 1. The number of allylic oxidation sites excluding steroid dienone is 1. The molecule has 4 rings (SSSR count). The Labute approximate surface area is 128 Å². The molecule has 0 radical (unpaired) electrons. The van der Waals surface area contributed by atoms with Gasteiger partial charge in [-0.05, 0) is 46.9 Å². The van der Waals surface area contributed by atoms with Crippen LogP contribution < -0.4 is 0 Å². The summed E-state index contributed by atoms with van der Waals surface area (Å²) in [5, 5.41) is 6.62. The van der Waals surface area contributed by atoms with Crippen LogP contribution in [0.2, 0.25) is 0 Å². The van der Waals surface area contributed by atoms with E-state index < -0.39 is 0 Å². The first-order valence-electron chi connectivity index (χ1n) is 7.47. The molecule has 0 amide bonds. The fourth-order valence-electron chi connectivity index (χ4n) is 3.28. The van der Waals surface area contributed by atoms with Gasteiger partial charge < -0.3 is 0 Å². The monoisotopic (exact) mass is 288 g/mol. The minimum atomic E-state index is 0.0671. The van der Waals surface area contributed by atoms with Crippen LogP contribution in [0.25, 0.3) is 16.8 Å². The van der Waals surface area contributed by atoms with Crippen molar-refractivity contribution in [3.8, 4) is 0 Å². The topological polar surface area (TPSA) is 34.9 Å². The van der Waals surface area contributed by atoms with Crippen LogP contribution in [0, 0.1) is 0 Å². The summed E-state index contributed by atoms with van der Waals surface area (Å²) >= 11 is 0. The van der Waals surface area contributed by atoms with Crippen LogP contribution in [0.5, 0.6) is 0 Å². The Kier molecular flexibility index (Phi) is 2.93. The maximum atomic E-state index is 12.6. The zero-order valence-electron chi connectivity index (χ0n) is 12.4. The summed E-state index contributed by atoms with van der Waals surface area (Å²) in [6.45, 7) is 0. The van der Waals surface area contributed by atoms with Crippen LogP contribution in [0.4, 0.5) is 0 Å². The van der Waals surface area contributed by atoms with Crippen molar-refractivity contribution in [1.29, 1.82) is 0 Å². The standard InChI is InChI=1S/C19H16N2O/c1-21-12-13(11-20-21)5-10-18(22)16-8-6-14-3-2-4-15-7-9-17(16)19(14)15/h2-6,8,10-12H,7,9H2,1H3. The van der Waals surface area contributed by atoms with E-state index in [1.807, 2.05) is 25.4 Å². The van der Waals surface area contributed by atoms with Gasteiger partial charge in [0.2, 0.25) is 0 Å². The molecule has 0 unspecified atom stereocenters. The number of aromatic nitrogens is 2. The van der Waals surface area contributed by atoms with Gasteiger partial charge in [-0.25, -0.2) is 0 Å². The van der Waals surface area contributed by atoms with Gasteiger partial charge in [0.1, 0.15) is 0 Å². The lowest BCUT2D eigenvalue weighted by atomic mass is 9.97. The first kappa shape index (κ1) is 13.0. The molecule has 108 valence electrons. The molecular weight excluding hydrogens is 272 g/mol. The van der Waals surface area contributed by atoms with Crippen molar-refractivity contribution in [2.24, 2.45) is 7.05 Å². The third-order valence-corrected chi connectivity index (χ3v) is 4.30. The fourth-order valence-corrected chi connectivity index (χ4v) is 3.28. The molecule has 2 aromatic carbocycles. The van der Waals surface area contributed by atoms with Crippen LogP contribution in [-0.4, -0.2) is 15.6 Å². The Morgan fingerprint density at radius 1 is 1.23 bits per heavy atom. The van der Waals surface area contributed by atoms with Gasteiger partial charge >= 0.3 is 0 Å². The van der Waals surface area contributed by atoms with E-state index in [9.17, 15) is 4.79 Å². The van der Waals surface area contributed by atoms with Gasteiger partial charge in [0, 0.05) is 24.4 Å². The minimum Gasteiger partial charge on any atom is -0.289 e. The Hall–Kier alpha value is -2.68. The Bertz CT molecular complexity index is 918. The van der Waals surface area contributed by atoms with Crippen molar-refractivity contribution in [3.63, 3.8) is 0 Å². The number of nitrogens with zero attached hydrogens (tertiary/aromatic N) is 2. The molecule has 3 aromatic rings. The van der Waals surface area contributed by atoms with Crippen LogP contribution in [-0.2, 0) is 19.9 Å². The molecule has 0 atom stereocenters. The molecule has 0 N–H and O–H groups in total. The quantitative estimate of drug-likeness (QED) is 0.545. The second kappa shape index (κ2) is 4.95. The molecule has 0 bridgehead atoms. The molecule has 22 heavy (non-hydrogen) atoms. The first-order valence-corrected chi connectivity index (χ1v) is 7.47. The zero-order valence-corrected chi connectivity index (χ0v) is 12.4. The molecule has 3 nitrogen and oxygen atoms in total. The summed E-state index contributed by atoms with van der Waals surface area (Å²) in [6, 6.07) is 10.4. The van der Waals surface area contributed by atoms with Crippen molar-refractivity contribution in [1.82, 2.24) is 9.78 Å². The van der Waals surface area contributed by atoms with Crippen LogP contribution in [0.15, 0.2) is 48.8 Å². The number of rotatable bonds is 3. The largest absolute Gasteiger partial charge is 0.289 e. The molecule has 0 spiro atoms. The summed E-state index contributed by atoms with van der Waals surface area (Å²) in [5.41, 5.74) is 4.33. The highest BCUT2D eigenvalue weighted by atomic mass is 16.1. The normalized spacial score (nSPS) is 13.3. The van der Waals surface area contributed by atoms with Crippen molar-refractivity contribution < 1.29 is 4.79 Å². The number of hydrogen-bond acceptors (Lipinski definition) is 2. The van der Waals surface area contributed by atoms with Crippen molar-refractivity contribution in [2.75, 3.05) is 0 Å². The highest BCUT2D eigenvalue weighted by Crippen LogP contribution is 2.33. The summed E-state index contributed by atoms with van der Waals surface area (Å²) in [6.07, 6.45) is 9.10. The molecule has 1 aliphatic carbocycles. The van der Waals surface area contributed by atoms with Gasteiger partial charge in [0.25, 0.3) is 0 Å². The predicted octanol–water partition coefficient (Wildman–Crippen LogP) is 3.57. The predicted molar refractivity (Wildman–Crippen MR) is 87.9 cm³/mol. The average Bonchev–Trinajstić information content (AvgIpc) is 3.14. The Balaban J connectivity index is 1.73. The van der Waals surface area contributed by atoms with Gasteiger partial charge in [0.05, 0.1) is 6.20 Å². The van der Waals surface area contributed by atoms with Gasteiger partial charge in [0.15, 0.2) is 5.78 Å². The van der Waals surface area contributed by atoms with E-state index in [1.54, 1.807) is 17.0 Å². The third kappa shape index (κ3) is 2.06. The average molecular weight is 288 g/mol.